The molecule has 0 aromatic heterocycles. The first-order chi connectivity index (χ1) is 7.22. The van der Waals surface area contributed by atoms with E-state index in [0.29, 0.717) is 12.6 Å². The third kappa shape index (κ3) is 4.35. The van der Waals surface area contributed by atoms with Crippen LogP contribution in [-0.2, 0) is 0 Å². The summed E-state index contributed by atoms with van der Waals surface area (Å²) in [6.45, 7) is 2.54. The van der Waals surface area contributed by atoms with Crippen molar-refractivity contribution in [1.82, 2.24) is 5.32 Å². The zero-order chi connectivity index (χ0) is 11.1. The van der Waals surface area contributed by atoms with E-state index < -0.39 is 0 Å². The lowest BCUT2D eigenvalue weighted by atomic mass is 10.3. The lowest BCUT2D eigenvalue weighted by Crippen LogP contribution is -2.41. The van der Waals surface area contributed by atoms with E-state index in [-0.39, 0.29) is 6.04 Å². The van der Waals surface area contributed by atoms with Gasteiger partial charge in [-0.25, -0.2) is 0 Å². The average molecular weight is 207 g/mol. The van der Waals surface area contributed by atoms with Crippen LogP contribution < -0.4 is 15.8 Å². The molecule has 0 aliphatic carbocycles. The van der Waals surface area contributed by atoms with Crippen LogP contribution in [0.25, 0.3) is 0 Å². The molecule has 0 fully saturated rings. The molecule has 0 aliphatic heterocycles. The molecule has 1 atom stereocenters. The Labute approximate surface area is 90.2 Å². The Balaban J connectivity index is 2.31. The zero-order valence-corrected chi connectivity index (χ0v) is 9.10. The van der Waals surface area contributed by atoms with Gasteiger partial charge in [0.1, 0.15) is 12.4 Å². The van der Waals surface area contributed by atoms with Gasteiger partial charge in [-0.15, -0.1) is 0 Å². The van der Waals surface area contributed by atoms with Gasteiger partial charge < -0.3 is 15.8 Å². The topological polar surface area (TPSA) is 59.6 Å². The maximum Gasteiger partial charge on any atom is 0.188 e. The Hall–Kier alpha value is -1.71. The highest BCUT2D eigenvalue weighted by molar-refractivity contribution is 5.77. The molecule has 1 aromatic rings. The Morgan fingerprint density at radius 1 is 1.47 bits per heavy atom. The molecular weight excluding hydrogens is 190 g/mol. The first kappa shape index (κ1) is 11.4. The van der Waals surface area contributed by atoms with E-state index in [1.54, 1.807) is 7.05 Å². The number of nitrogens with one attached hydrogen (secondary N) is 1. The van der Waals surface area contributed by atoms with E-state index in [1.807, 2.05) is 37.3 Å². The molecule has 4 nitrogen and oxygen atoms in total. The smallest absolute Gasteiger partial charge is 0.188 e. The summed E-state index contributed by atoms with van der Waals surface area (Å²) >= 11 is 0. The van der Waals surface area contributed by atoms with Crippen molar-refractivity contribution >= 4 is 5.96 Å². The highest BCUT2D eigenvalue weighted by atomic mass is 16.5. The van der Waals surface area contributed by atoms with Gasteiger partial charge in [-0.2, -0.15) is 0 Å². The second-order valence-electron chi connectivity index (χ2n) is 3.28. The van der Waals surface area contributed by atoms with Gasteiger partial charge in [0.05, 0.1) is 6.04 Å². The molecule has 0 bridgehead atoms. The molecular formula is C11H17N3O. The first-order valence-corrected chi connectivity index (χ1v) is 4.89. The fraction of sp³-hybridized carbons (Fsp3) is 0.364. The minimum absolute atomic E-state index is 0.133. The molecule has 4 heteroatoms. The number of ether oxygens (including phenoxy) is 1. The SMILES string of the molecule is CN=C(N)NC(C)COc1ccccc1. The maximum absolute atomic E-state index is 5.54. The number of nitrogens with two attached hydrogens (primary N) is 1. The number of guanidine groups is 1. The van der Waals surface area contributed by atoms with Crippen molar-refractivity contribution in [3.63, 3.8) is 0 Å². The molecule has 0 radical (unpaired) electrons. The van der Waals surface area contributed by atoms with Gasteiger partial charge in [-0.1, -0.05) is 18.2 Å². The molecule has 0 spiro atoms. The summed E-state index contributed by atoms with van der Waals surface area (Å²) in [5.74, 6) is 1.29. The van der Waals surface area contributed by atoms with Crippen LogP contribution in [0.2, 0.25) is 0 Å². The summed E-state index contributed by atoms with van der Waals surface area (Å²) in [7, 11) is 1.65. The van der Waals surface area contributed by atoms with Gasteiger partial charge >= 0.3 is 0 Å². The predicted molar refractivity (Wildman–Crippen MR) is 62.1 cm³/mol. The molecule has 0 saturated carbocycles. The second kappa shape index (κ2) is 5.90. The molecule has 1 aromatic carbocycles. The third-order valence-electron chi connectivity index (χ3n) is 1.88. The molecule has 0 saturated heterocycles. The van der Waals surface area contributed by atoms with Crippen LogP contribution >= 0.6 is 0 Å². The summed E-state index contributed by atoms with van der Waals surface area (Å²) in [4.78, 5) is 3.81. The number of aliphatic imine (C=N–C) groups is 1. The molecule has 1 unspecified atom stereocenters. The number of nitrogens with zero attached hydrogens (tertiary/aromatic N) is 1. The van der Waals surface area contributed by atoms with Crippen LogP contribution in [0.15, 0.2) is 35.3 Å². The molecule has 0 aliphatic rings. The first-order valence-electron chi connectivity index (χ1n) is 4.89. The number of rotatable bonds is 4. The summed E-state index contributed by atoms with van der Waals surface area (Å²) in [6.07, 6.45) is 0. The molecule has 1 rings (SSSR count). The van der Waals surface area contributed by atoms with Gasteiger partial charge in [0.15, 0.2) is 5.96 Å². The summed E-state index contributed by atoms with van der Waals surface area (Å²) < 4.78 is 5.54. The number of para-hydroxylation sites is 1. The Morgan fingerprint density at radius 3 is 2.73 bits per heavy atom. The zero-order valence-electron chi connectivity index (χ0n) is 9.10. The third-order valence-corrected chi connectivity index (χ3v) is 1.88. The lowest BCUT2D eigenvalue weighted by molar-refractivity contribution is 0.286. The fourth-order valence-corrected chi connectivity index (χ4v) is 1.10. The summed E-state index contributed by atoms with van der Waals surface area (Å²) in [5.41, 5.74) is 5.53. The van der Waals surface area contributed by atoms with Crippen LogP contribution in [0, 0.1) is 0 Å². The van der Waals surface area contributed by atoms with Gasteiger partial charge in [0, 0.05) is 7.05 Å². The van der Waals surface area contributed by atoms with Crippen molar-refractivity contribution in [2.45, 2.75) is 13.0 Å². The summed E-state index contributed by atoms with van der Waals surface area (Å²) in [6, 6.07) is 9.81. The molecule has 15 heavy (non-hydrogen) atoms. The molecule has 0 amide bonds. The van der Waals surface area contributed by atoms with E-state index >= 15 is 0 Å². The van der Waals surface area contributed by atoms with Crippen molar-refractivity contribution in [3.8, 4) is 5.75 Å². The Kier molecular flexibility index (Phi) is 4.47. The quantitative estimate of drug-likeness (QED) is 0.571. The van der Waals surface area contributed by atoms with E-state index in [4.69, 9.17) is 10.5 Å². The summed E-state index contributed by atoms with van der Waals surface area (Å²) in [5, 5.41) is 3.00. The molecule has 3 N–H and O–H groups in total. The van der Waals surface area contributed by atoms with Crippen LogP contribution in [-0.4, -0.2) is 25.7 Å². The number of hydrogen-bond acceptors (Lipinski definition) is 2. The minimum atomic E-state index is 0.133. The number of hydrogen-bond donors (Lipinski definition) is 2. The van der Waals surface area contributed by atoms with Crippen LogP contribution in [0.1, 0.15) is 6.92 Å². The Morgan fingerprint density at radius 2 is 2.13 bits per heavy atom. The van der Waals surface area contributed by atoms with Gasteiger partial charge in [-0.05, 0) is 19.1 Å². The van der Waals surface area contributed by atoms with E-state index in [1.165, 1.54) is 0 Å². The maximum atomic E-state index is 5.54. The average Bonchev–Trinajstić information content (AvgIpc) is 2.27. The number of benzene rings is 1. The van der Waals surface area contributed by atoms with Crippen molar-refractivity contribution in [3.05, 3.63) is 30.3 Å². The van der Waals surface area contributed by atoms with Crippen molar-refractivity contribution in [1.29, 1.82) is 0 Å². The predicted octanol–water partition coefficient (Wildman–Crippen LogP) is 0.988. The van der Waals surface area contributed by atoms with Crippen molar-refractivity contribution < 1.29 is 4.74 Å². The van der Waals surface area contributed by atoms with Crippen LogP contribution in [0.3, 0.4) is 0 Å². The highest BCUT2D eigenvalue weighted by Gasteiger charge is 2.02. The van der Waals surface area contributed by atoms with E-state index in [2.05, 4.69) is 10.3 Å². The van der Waals surface area contributed by atoms with E-state index in [9.17, 15) is 0 Å². The largest absolute Gasteiger partial charge is 0.491 e. The lowest BCUT2D eigenvalue weighted by Gasteiger charge is -2.15. The standard InChI is InChI=1S/C11H17N3O/c1-9(14-11(12)13-2)8-15-10-6-4-3-5-7-10/h3-7,9H,8H2,1-2H3,(H3,12,13,14). The van der Waals surface area contributed by atoms with Crippen molar-refractivity contribution in [2.24, 2.45) is 10.7 Å². The van der Waals surface area contributed by atoms with Crippen molar-refractivity contribution in [2.75, 3.05) is 13.7 Å². The second-order valence-corrected chi connectivity index (χ2v) is 3.28. The van der Waals surface area contributed by atoms with Crippen LogP contribution in [0.4, 0.5) is 0 Å². The highest BCUT2D eigenvalue weighted by Crippen LogP contribution is 2.08. The van der Waals surface area contributed by atoms with Gasteiger partial charge in [0.25, 0.3) is 0 Å². The normalized spacial score (nSPS) is 13.3. The van der Waals surface area contributed by atoms with Crippen LogP contribution in [0.5, 0.6) is 5.75 Å². The van der Waals surface area contributed by atoms with E-state index in [0.717, 1.165) is 5.75 Å². The molecule has 0 heterocycles. The Bertz CT molecular complexity index is 311. The monoisotopic (exact) mass is 207 g/mol. The van der Waals surface area contributed by atoms with Gasteiger partial charge in [0.2, 0.25) is 0 Å². The fourth-order valence-electron chi connectivity index (χ4n) is 1.10. The minimum Gasteiger partial charge on any atom is -0.491 e. The molecule has 82 valence electrons. The van der Waals surface area contributed by atoms with Gasteiger partial charge in [-0.3, -0.25) is 4.99 Å².